The van der Waals surface area contributed by atoms with Gasteiger partial charge >= 0.3 is 0 Å². The molecule has 9 rings (SSSR count). The Morgan fingerprint density at radius 2 is 0.951 bits per heavy atom. The normalized spacial score (nSPS) is 12.0. The molecule has 3 heterocycles. The molecule has 0 bridgehead atoms. The number of rotatable bonds is 2. The van der Waals surface area contributed by atoms with Crippen LogP contribution < -0.4 is 5.56 Å². The molecule has 0 amide bonds. The maximum absolute atomic E-state index is 14.1. The highest BCUT2D eigenvalue weighted by atomic mass is 16.1. The molecule has 0 aliphatic carbocycles. The molecule has 0 N–H and O–H groups in total. The predicted octanol–water partition coefficient (Wildman–Crippen LogP) is 8.60. The maximum atomic E-state index is 14.1. The van der Waals surface area contributed by atoms with E-state index in [4.69, 9.17) is 0 Å². The van der Waals surface area contributed by atoms with Gasteiger partial charge in [-0.3, -0.25) is 9.20 Å². The molecule has 0 atom stereocenters. The van der Waals surface area contributed by atoms with Crippen LogP contribution in [0.2, 0.25) is 0 Å². The fourth-order valence-electron chi connectivity index (χ4n) is 6.68. The van der Waals surface area contributed by atoms with Gasteiger partial charge in [-0.05, 0) is 65.0 Å². The van der Waals surface area contributed by atoms with Gasteiger partial charge in [0, 0.05) is 16.5 Å². The number of hydrogen-bond donors (Lipinski definition) is 0. The standard InChI is InChI=1S/C37H23N3O/c41-37-29-13-5-4-12-27(29)28-14-8-17-32-35(28)40(37)34-19-9-18-33-36(34)39(32)31-16-7-6-15-30(31)38(33)26-22-20-25(21-23-26)24-10-2-1-3-11-24/h1-23H. The van der Waals surface area contributed by atoms with Crippen molar-refractivity contribution >= 4 is 49.3 Å². The van der Waals surface area contributed by atoms with Crippen molar-refractivity contribution in [1.82, 2.24) is 13.5 Å². The van der Waals surface area contributed by atoms with E-state index < -0.39 is 0 Å². The van der Waals surface area contributed by atoms with E-state index in [1.165, 1.54) is 11.1 Å². The molecule has 0 saturated carbocycles. The van der Waals surface area contributed by atoms with Crippen molar-refractivity contribution in [3.05, 3.63) is 150 Å². The van der Waals surface area contributed by atoms with Gasteiger partial charge in [0.2, 0.25) is 0 Å². The van der Waals surface area contributed by atoms with Gasteiger partial charge in [0.05, 0.1) is 38.8 Å². The Morgan fingerprint density at radius 3 is 1.76 bits per heavy atom. The fourth-order valence-corrected chi connectivity index (χ4v) is 6.68. The molecule has 2 aliphatic rings. The minimum atomic E-state index is 0.00576. The molecule has 192 valence electrons. The van der Waals surface area contributed by atoms with Gasteiger partial charge in [0.15, 0.2) is 0 Å². The minimum absolute atomic E-state index is 0.00576. The Hall–Kier alpha value is -5.61. The van der Waals surface area contributed by atoms with Gasteiger partial charge in [-0.25, -0.2) is 0 Å². The monoisotopic (exact) mass is 525 g/mol. The van der Waals surface area contributed by atoms with E-state index in [-0.39, 0.29) is 5.56 Å². The number of nitrogens with zero attached hydrogens (tertiary/aromatic N) is 3. The number of pyridine rings is 1. The smallest absolute Gasteiger partial charge is 0.263 e. The molecule has 1 aromatic heterocycles. The summed E-state index contributed by atoms with van der Waals surface area (Å²) in [5.41, 5.74) is 10.5. The third-order valence-corrected chi connectivity index (χ3v) is 8.42. The third-order valence-electron chi connectivity index (χ3n) is 8.42. The van der Waals surface area contributed by atoms with Gasteiger partial charge in [-0.2, -0.15) is 0 Å². The van der Waals surface area contributed by atoms with Crippen molar-refractivity contribution in [3.8, 4) is 22.5 Å². The first-order valence-electron chi connectivity index (χ1n) is 13.8. The lowest BCUT2D eigenvalue weighted by Gasteiger charge is -2.27. The van der Waals surface area contributed by atoms with Gasteiger partial charge in [0.25, 0.3) is 5.56 Å². The summed E-state index contributed by atoms with van der Waals surface area (Å²) in [6.07, 6.45) is 0. The first-order chi connectivity index (χ1) is 20.3. The second-order valence-electron chi connectivity index (χ2n) is 10.6. The summed E-state index contributed by atoms with van der Waals surface area (Å²) in [4.78, 5) is 14.1. The average Bonchev–Trinajstić information content (AvgIpc) is 3.04. The van der Waals surface area contributed by atoms with Crippen molar-refractivity contribution in [2.24, 2.45) is 0 Å². The van der Waals surface area contributed by atoms with Crippen LogP contribution in [0, 0.1) is 0 Å². The Labute approximate surface area is 234 Å². The maximum Gasteiger partial charge on any atom is 0.263 e. The lowest BCUT2D eigenvalue weighted by atomic mass is 10.0. The van der Waals surface area contributed by atoms with Crippen LogP contribution in [0.3, 0.4) is 0 Å². The van der Waals surface area contributed by atoms with Gasteiger partial charge in [-0.15, -0.1) is 0 Å². The summed E-state index contributed by atoms with van der Waals surface area (Å²) in [6, 6.07) is 48.3. The molecule has 0 fully saturated rings. The van der Waals surface area contributed by atoms with Crippen LogP contribution in [0.25, 0.3) is 71.8 Å². The Balaban J connectivity index is 1.49. The predicted molar refractivity (Wildman–Crippen MR) is 169 cm³/mol. The second-order valence-corrected chi connectivity index (χ2v) is 10.6. The summed E-state index contributed by atoms with van der Waals surface area (Å²) in [7, 11) is 0. The molecule has 4 nitrogen and oxygen atoms in total. The Morgan fingerprint density at radius 1 is 0.390 bits per heavy atom. The van der Waals surface area contributed by atoms with Crippen LogP contribution in [0.5, 0.6) is 0 Å². The van der Waals surface area contributed by atoms with Gasteiger partial charge in [0.1, 0.15) is 0 Å². The summed E-state index contributed by atoms with van der Waals surface area (Å²) in [6.45, 7) is 0. The van der Waals surface area contributed by atoms with E-state index in [9.17, 15) is 4.79 Å². The quantitative estimate of drug-likeness (QED) is 0.164. The zero-order valence-corrected chi connectivity index (χ0v) is 22.0. The highest BCUT2D eigenvalue weighted by Crippen LogP contribution is 2.39. The van der Waals surface area contributed by atoms with E-state index in [2.05, 4.69) is 124 Å². The van der Waals surface area contributed by atoms with Crippen LogP contribution in [-0.2, 0) is 0 Å². The number of benzene rings is 6. The molecule has 0 radical (unpaired) electrons. The molecule has 0 saturated heterocycles. The number of para-hydroxylation sites is 4. The van der Waals surface area contributed by atoms with Crippen LogP contribution in [0.1, 0.15) is 0 Å². The number of hydrogen-bond acceptors (Lipinski definition) is 1. The lowest BCUT2D eigenvalue weighted by molar-refractivity contribution is 1.04. The molecule has 41 heavy (non-hydrogen) atoms. The van der Waals surface area contributed by atoms with Crippen molar-refractivity contribution in [2.75, 3.05) is 0 Å². The molecule has 0 unspecified atom stereocenters. The summed E-state index contributed by atoms with van der Waals surface area (Å²) in [5, 5.41) is 2.79. The van der Waals surface area contributed by atoms with Crippen LogP contribution in [-0.4, -0.2) is 13.5 Å². The van der Waals surface area contributed by atoms with E-state index >= 15 is 0 Å². The van der Waals surface area contributed by atoms with Crippen molar-refractivity contribution in [2.45, 2.75) is 0 Å². The largest absolute Gasteiger partial charge is 0.306 e. The zero-order chi connectivity index (χ0) is 27.1. The molecule has 7 aromatic rings. The van der Waals surface area contributed by atoms with E-state index in [1.807, 2.05) is 28.7 Å². The third kappa shape index (κ3) is 2.96. The van der Waals surface area contributed by atoms with Crippen molar-refractivity contribution in [1.29, 1.82) is 0 Å². The van der Waals surface area contributed by atoms with Crippen molar-refractivity contribution < 1.29 is 0 Å². The first-order valence-corrected chi connectivity index (χ1v) is 13.8. The molecule has 4 heteroatoms. The van der Waals surface area contributed by atoms with Crippen LogP contribution in [0.4, 0.5) is 0 Å². The second kappa shape index (κ2) is 8.20. The highest BCUT2D eigenvalue weighted by molar-refractivity contribution is 6.13. The summed E-state index contributed by atoms with van der Waals surface area (Å²) < 4.78 is 6.58. The molecule has 2 aliphatic heterocycles. The van der Waals surface area contributed by atoms with E-state index in [0.29, 0.717) is 0 Å². The number of fused-ring (bicyclic) bond motifs is 6. The Kier molecular flexibility index (Phi) is 4.44. The lowest BCUT2D eigenvalue weighted by Crippen LogP contribution is -2.21. The number of aromatic nitrogens is 3. The molecular formula is C37H23N3O. The first kappa shape index (κ1) is 22.2. The fraction of sp³-hybridized carbons (Fsp3) is 0. The molecule has 6 aromatic carbocycles. The SMILES string of the molecule is O=c1c2ccccc2c2cccc3c2n1c1cccc2c1-n3c1ccccc1n2-c1ccc(-c2ccccc2)cc1. The van der Waals surface area contributed by atoms with E-state index in [0.717, 1.165) is 60.6 Å². The van der Waals surface area contributed by atoms with Gasteiger partial charge < -0.3 is 9.13 Å². The summed E-state index contributed by atoms with van der Waals surface area (Å²) >= 11 is 0. The molecular weight excluding hydrogens is 502 g/mol. The topological polar surface area (TPSA) is 31.3 Å². The Bertz CT molecular complexity index is 2480. The van der Waals surface area contributed by atoms with Crippen molar-refractivity contribution in [3.63, 3.8) is 0 Å². The average molecular weight is 526 g/mol. The van der Waals surface area contributed by atoms with Gasteiger partial charge in [-0.1, -0.05) is 91.0 Å². The van der Waals surface area contributed by atoms with Crippen LogP contribution in [0.15, 0.2) is 144 Å². The van der Waals surface area contributed by atoms with Crippen LogP contribution >= 0.6 is 0 Å². The minimum Gasteiger partial charge on any atom is -0.306 e. The van der Waals surface area contributed by atoms with E-state index in [1.54, 1.807) is 0 Å². The zero-order valence-electron chi connectivity index (χ0n) is 22.0. The summed E-state index contributed by atoms with van der Waals surface area (Å²) in [5.74, 6) is 0. The highest BCUT2D eigenvalue weighted by Gasteiger charge is 2.24. The molecule has 0 spiro atoms.